The lowest BCUT2D eigenvalue weighted by Gasteiger charge is -2.12. The molecule has 1 aliphatic rings. The molecule has 2 heterocycles. The Kier molecular flexibility index (Phi) is 6.84. The maximum atomic E-state index is 13.0. The molecule has 0 aliphatic carbocycles. The quantitative estimate of drug-likeness (QED) is 0.263. The summed E-state index contributed by atoms with van der Waals surface area (Å²) in [5.41, 5.74) is 2.24. The van der Waals surface area contributed by atoms with Crippen LogP contribution in [0, 0.1) is 0 Å². The highest BCUT2D eigenvalue weighted by atomic mass is 35.5. The van der Waals surface area contributed by atoms with Gasteiger partial charge in [-0.05, 0) is 75.4 Å². The Morgan fingerprint density at radius 2 is 1.76 bits per heavy atom. The molecule has 3 aromatic rings. The number of hydrogen-bond acceptors (Lipinski definition) is 5. The van der Waals surface area contributed by atoms with E-state index < -0.39 is 5.97 Å². The second-order valence-corrected chi connectivity index (χ2v) is 9.12. The smallest absolute Gasteiger partial charge is 0.339 e. The minimum Gasteiger partial charge on any atom is -0.459 e. The van der Waals surface area contributed by atoms with Crippen LogP contribution in [0.1, 0.15) is 36.9 Å². The number of halogens is 3. The highest BCUT2D eigenvalue weighted by Gasteiger charge is 2.29. The molecule has 0 bridgehead atoms. The molecule has 174 valence electrons. The number of carbonyl (C=O) groups excluding carboxylic acids is 2. The molecule has 0 fully saturated rings. The van der Waals surface area contributed by atoms with Crippen molar-refractivity contribution in [1.29, 1.82) is 0 Å². The number of anilines is 1. The van der Waals surface area contributed by atoms with Gasteiger partial charge in [0.15, 0.2) is 0 Å². The lowest BCUT2D eigenvalue weighted by atomic mass is 10.1. The SMILES string of the molecule is CC1=NN(c2cc(Cl)cc(Cl)c2)C(=O)/C1=C/c1ccc(-c2ccc(Cl)c(C(=O)OC(C)C)c2)o1. The molecule has 1 aromatic heterocycles. The normalized spacial score (nSPS) is 14.8. The van der Waals surface area contributed by atoms with E-state index >= 15 is 0 Å². The van der Waals surface area contributed by atoms with E-state index in [1.165, 1.54) is 5.01 Å². The minimum atomic E-state index is -0.514. The molecule has 0 radical (unpaired) electrons. The van der Waals surface area contributed by atoms with Crippen LogP contribution < -0.4 is 5.01 Å². The zero-order valence-corrected chi connectivity index (χ0v) is 20.7. The van der Waals surface area contributed by atoms with E-state index in [0.29, 0.717) is 44.1 Å². The standard InChI is InChI=1S/C25H19Cl3N2O4/c1-13(2)33-25(32)21-8-15(4-6-22(21)28)23-7-5-19(34-23)12-20-14(3)29-30(24(20)31)18-10-16(26)9-17(27)11-18/h4-13H,1-3H3/b20-12+. The van der Waals surface area contributed by atoms with Gasteiger partial charge in [-0.2, -0.15) is 10.1 Å². The van der Waals surface area contributed by atoms with Crippen molar-refractivity contribution in [3.05, 3.63) is 80.5 Å². The van der Waals surface area contributed by atoms with Gasteiger partial charge in [0.2, 0.25) is 0 Å². The first-order chi connectivity index (χ1) is 16.1. The lowest BCUT2D eigenvalue weighted by Crippen LogP contribution is -2.21. The summed E-state index contributed by atoms with van der Waals surface area (Å²) in [6.45, 7) is 5.25. The van der Waals surface area contributed by atoms with Crippen LogP contribution in [-0.4, -0.2) is 23.7 Å². The average Bonchev–Trinajstić information content (AvgIpc) is 3.33. The van der Waals surface area contributed by atoms with Crippen LogP contribution in [0.15, 0.2) is 63.6 Å². The predicted molar refractivity (Wildman–Crippen MR) is 135 cm³/mol. The molecule has 1 aliphatic heterocycles. The van der Waals surface area contributed by atoms with Gasteiger partial charge in [-0.25, -0.2) is 4.79 Å². The maximum absolute atomic E-state index is 13.0. The fourth-order valence-corrected chi connectivity index (χ4v) is 4.07. The van der Waals surface area contributed by atoms with Gasteiger partial charge in [0, 0.05) is 15.6 Å². The van der Waals surface area contributed by atoms with Crippen molar-refractivity contribution in [2.45, 2.75) is 26.9 Å². The van der Waals surface area contributed by atoms with Gasteiger partial charge in [-0.1, -0.05) is 34.8 Å². The summed E-state index contributed by atoms with van der Waals surface area (Å²) in [6, 6.07) is 13.2. The van der Waals surface area contributed by atoms with Crippen LogP contribution in [0.25, 0.3) is 17.4 Å². The van der Waals surface area contributed by atoms with Gasteiger partial charge in [0.1, 0.15) is 11.5 Å². The van der Waals surface area contributed by atoms with Gasteiger partial charge in [-0.15, -0.1) is 0 Å². The maximum Gasteiger partial charge on any atom is 0.339 e. The highest BCUT2D eigenvalue weighted by molar-refractivity contribution is 6.36. The third-order valence-electron chi connectivity index (χ3n) is 4.88. The van der Waals surface area contributed by atoms with Gasteiger partial charge < -0.3 is 9.15 Å². The zero-order chi connectivity index (χ0) is 24.6. The van der Waals surface area contributed by atoms with E-state index in [-0.39, 0.29) is 22.6 Å². The summed E-state index contributed by atoms with van der Waals surface area (Å²) in [4.78, 5) is 25.4. The lowest BCUT2D eigenvalue weighted by molar-refractivity contribution is -0.114. The van der Waals surface area contributed by atoms with E-state index in [4.69, 9.17) is 44.0 Å². The number of ether oxygens (including phenoxy) is 1. The Morgan fingerprint density at radius 1 is 1.06 bits per heavy atom. The number of furan rings is 1. The Labute approximate surface area is 211 Å². The van der Waals surface area contributed by atoms with E-state index in [1.54, 1.807) is 75.4 Å². The fraction of sp³-hybridized carbons (Fsp3) is 0.160. The first kappa shape index (κ1) is 24.1. The molecule has 0 spiro atoms. The molecule has 34 heavy (non-hydrogen) atoms. The molecule has 0 atom stereocenters. The first-order valence-corrected chi connectivity index (χ1v) is 11.4. The largest absolute Gasteiger partial charge is 0.459 e. The first-order valence-electron chi connectivity index (χ1n) is 10.3. The summed E-state index contributed by atoms with van der Waals surface area (Å²) < 4.78 is 11.2. The third kappa shape index (κ3) is 5.04. The van der Waals surface area contributed by atoms with E-state index in [1.807, 2.05) is 0 Å². The Bertz CT molecular complexity index is 1340. The van der Waals surface area contributed by atoms with Gasteiger partial charge in [0.25, 0.3) is 5.91 Å². The number of hydrazone groups is 1. The fourth-order valence-electron chi connectivity index (χ4n) is 3.36. The molecule has 1 amide bonds. The molecule has 9 heteroatoms. The molecular weight excluding hydrogens is 499 g/mol. The zero-order valence-electron chi connectivity index (χ0n) is 18.4. The summed E-state index contributed by atoms with van der Waals surface area (Å²) in [5, 5.41) is 6.66. The Hall–Kier alpha value is -3.06. The van der Waals surface area contributed by atoms with Crippen molar-refractivity contribution in [3.63, 3.8) is 0 Å². The molecule has 0 N–H and O–H groups in total. The van der Waals surface area contributed by atoms with Crippen molar-refractivity contribution >= 4 is 64.2 Å². The van der Waals surface area contributed by atoms with Crippen molar-refractivity contribution < 1.29 is 18.7 Å². The van der Waals surface area contributed by atoms with Gasteiger partial charge in [0.05, 0.1) is 33.7 Å². The highest BCUT2D eigenvalue weighted by Crippen LogP contribution is 2.32. The van der Waals surface area contributed by atoms with Crippen LogP contribution in [0.5, 0.6) is 0 Å². The minimum absolute atomic E-state index is 0.244. The second kappa shape index (κ2) is 9.66. The number of carbonyl (C=O) groups is 2. The summed E-state index contributed by atoms with van der Waals surface area (Å²) in [6.07, 6.45) is 1.34. The van der Waals surface area contributed by atoms with Crippen LogP contribution in [0.3, 0.4) is 0 Å². The van der Waals surface area contributed by atoms with E-state index in [9.17, 15) is 9.59 Å². The number of rotatable bonds is 5. The molecule has 6 nitrogen and oxygen atoms in total. The Morgan fingerprint density at radius 3 is 2.44 bits per heavy atom. The molecular formula is C25H19Cl3N2O4. The van der Waals surface area contributed by atoms with Gasteiger partial charge in [-0.3, -0.25) is 4.79 Å². The topological polar surface area (TPSA) is 72.1 Å². The number of amides is 1. The molecule has 4 rings (SSSR count). The van der Waals surface area contributed by atoms with Crippen molar-refractivity contribution in [2.24, 2.45) is 5.10 Å². The van der Waals surface area contributed by atoms with Crippen LogP contribution in [0.2, 0.25) is 15.1 Å². The third-order valence-corrected chi connectivity index (χ3v) is 5.65. The molecule has 2 aromatic carbocycles. The van der Waals surface area contributed by atoms with Crippen LogP contribution >= 0.6 is 34.8 Å². The molecule has 0 saturated heterocycles. The van der Waals surface area contributed by atoms with E-state index in [0.717, 1.165) is 0 Å². The van der Waals surface area contributed by atoms with Crippen LogP contribution in [0.4, 0.5) is 5.69 Å². The number of nitrogens with zero attached hydrogens (tertiary/aromatic N) is 2. The second-order valence-electron chi connectivity index (χ2n) is 7.84. The summed E-state index contributed by atoms with van der Waals surface area (Å²) in [5.74, 6) is 0.0973. The molecule has 0 saturated carbocycles. The van der Waals surface area contributed by atoms with Crippen molar-refractivity contribution in [2.75, 3.05) is 5.01 Å². The number of hydrogen-bond donors (Lipinski definition) is 0. The summed E-state index contributed by atoms with van der Waals surface area (Å²) in [7, 11) is 0. The predicted octanol–water partition coefficient (Wildman–Crippen LogP) is 7.28. The average molecular weight is 518 g/mol. The van der Waals surface area contributed by atoms with Gasteiger partial charge >= 0.3 is 5.97 Å². The number of benzene rings is 2. The number of esters is 1. The molecule has 0 unspecified atom stereocenters. The van der Waals surface area contributed by atoms with Crippen molar-refractivity contribution in [3.8, 4) is 11.3 Å². The van der Waals surface area contributed by atoms with Crippen molar-refractivity contribution in [1.82, 2.24) is 0 Å². The Balaban J connectivity index is 1.61. The van der Waals surface area contributed by atoms with E-state index in [2.05, 4.69) is 5.10 Å². The monoisotopic (exact) mass is 516 g/mol. The summed E-state index contributed by atoms with van der Waals surface area (Å²) >= 11 is 18.3. The van der Waals surface area contributed by atoms with Crippen LogP contribution in [-0.2, 0) is 9.53 Å².